The predicted molar refractivity (Wildman–Crippen MR) is 80.9 cm³/mol. The molecule has 0 radical (unpaired) electrons. The highest BCUT2D eigenvalue weighted by Gasteiger charge is 2.32. The van der Waals surface area contributed by atoms with Gasteiger partial charge in [-0.1, -0.05) is 24.3 Å². The van der Waals surface area contributed by atoms with Gasteiger partial charge in [-0.15, -0.1) is 0 Å². The molecule has 0 aromatic heterocycles. The number of hydrogen-bond acceptors (Lipinski definition) is 4. The maximum Gasteiger partial charge on any atom is 0.321 e. The minimum Gasteiger partial charge on any atom is -0.480 e. The standard InChI is InChI=1S/C15H21NO4S/c1-11(2)21(19,20)8-7-16-10-13-6-4-3-5-12(13)9-14(16)15(17)18/h3-6,11,14H,7-10H2,1-2H3,(H,17,18)/t14-/m0/s1. The largest absolute Gasteiger partial charge is 0.480 e. The highest BCUT2D eigenvalue weighted by Crippen LogP contribution is 2.23. The van der Waals surface area contributed by atoms with Gasteiger partial charge in [-0.05, 0) is 31.4 Å². The van der Waals surface area contributed by atoms with E-state index in [9.17, 15) is 18.3 Å². The second-order valence-corrected chi connectivity index (χ2v) is 8.39. The van der Waals surface area contributed by atoms with Crippen LogP contribution < -0.4 is 0 Å². The Bertz CT molecular complexity index is 624. The molecule has 1 atom stereocenters. The van der Waals surface area contributed by atoms with Crippen LogP contribution in [0.1, 0.15) is 25.0 Å². The second-order valence-electron chi connectivity index (χ2n) is 5.71. The average Bonchev–Trinajstić information content (AvgIpc) is 2.43. The van der Waals surface area contributed by atoms with Crippen molar-refractivity contribution in [2.75, 3.05) is 12.3 Å². The summed E-state index contributed by atoms with van der Waals surface area (Å²) in [6.45, 7) is 4.04. The Morgan fingerprint density at radius 1 is 1.33 bits per heavy atom. The average molecular weight is 311 g/mol. The van der Waals surface area contributed by atoms with Gasteiger partial charge in [0.05, 0.1) is 11.0 Å². The molecule has 5 nitrogen and oxygen atoms in total. The quantitative estimate of drug-likeness (QED) is 0.888. The molecule has 0 fully saturated rings. The van der Waals surface area contributed by atoms with Crippen LogP contribution >= 0.6 is 0 Å². The Kier molecular flexibility index (Phi) is 4.68. The summed E-state index contributed by atoms with van der Waals surface area (Å²) in [6, 6.07) is 7.08. The molecule has 0 bridgehead atoms. The first-order chi connectivity index (χ1) is 9.81. The summed E-state index contributed by atoms with van der Waals surface area (Å²) in [6.07, 6.45) is 0.424. The van der Waals surface area contributed by atoms with Crippen LogP contribution in [0.2, 0.25) is 0 Å². The fourth-order valence-electron chi connectivity index (χ4n) is 2.54. The van der Waals surface area contributed by atoms with Gasteiger partial charge in [0.15, 0.2) is 9.84 Å². The number of rotatable bonds is 5. The lowest BCUT2D eigenvalue weighted by molar-refractivity contribution is -0.143. The Balaban J connectivity index is 2.16. The van der Waals surface area contributed by atoms with Crippen molar-refractivity contribution in [3.8, 4) is 0 Å². The number of sulfone groups is 1. The van der Waals surface area contributed by atoms with Gasteiger partial charge in [0.1, 0.15) is 6.04 Å². The lowest BCUT2D eigenvalue weighted by atomic mass is 9.94. The third-order valence-corrected chi connectivity index (χ3v) is 6.20. The summed E-state index contributed by atoms with van der Waals surface area (Å²) in [5.74, 6) is -0.900. The van der Waals surface area contributed by atoms with Gasteiger partial charge in [-0.25, -0.2) is 8.42 Å². The molecule has 6 heteroatoms. The summed E-state index contributed by atoms with van der Waals surface area (Å²) in [4.78, 5) is 13.2. The number of benzene rings is 1. The van der Waals surface area contributed by atoms with Crippen LogP contribution in [0.15, 0.2) is 24.3 Å². The molecule has 0 amide bonds. The van der Waals surface area contributed by atoms with Gasteiger partial charge >= 0.3 is 5.97 Å². The number of carboxylic acids is 1. The molecule has 0 unspecified atom stereocenters. The van der Waals surface area contributed by atoms with Crippen LogP contribution in [0.3, 0.4) is 0 Å². The molecule has 116 valence electrons. The van der Waals surface area contributed by atoms with Gasteiger partial charge in [0.25, 0.3) is 0 Å². The number of nitrogens with zero attached hydrogens (tertiary/aromatic N) is 1. The van der Waals surface area contributed by atoms with Crippen molar-refractivity contribution >= 4 is 15.8 Å². The lowest BCUT2D eigenvalue weighted by Crippen LogP contribution is -2.47. The molecule has 1 aromatic carbocycles. The smallest absolute Gasteiger partial charge is 0.321 e. The van der Waals surface area contributed by atoms with Gasteiger partial charge in [0.2, 0.25) is 0 Å². The van der Waals surface area contributed by atoms with Crippen molar-refractivity contribution in [2.45, 2.75) is 38.1 Å². The zero-order valence-electron chi connectivity index (χ0n) is 12.3. The van der Waals surface area contributed by atoms with Crippen molar-refractivity contribution in [3.05, 3.63) is 35.4 Å². The van der Waals surface area contributed by atoms with Crippen LogP contribution in [0.5, 0.6) is 0 Å². The van der Waals surface area contributed by atoms with E-state index in [1.54, 1.807) is 18.7 Å². The summed E-state index contributed by atoms with van der Waals surface area (Å²) in [5.41, 5.74) is 2.12. The maximum absolute atomic E-state index is 11.9. The third-order valence-electron chi connectivity index (χ3n) is 4.01. The SMILES string of the molecule is CC(C)S(=O)(=O)CCN1Cc2ccccc2C[C@H]1C(=O)O. The Labute approximate surface area is 125 Å². The van der Waals surface area contributed by atoms with Crippen LogP contribution in [-0.4, -0.2) is 48.0 Å². The number of aliphatic carboxylic acids is 1. The maximum atomic E-state index is 11.9. The molecule has 21 heavy (non-hydrogen) atoms. The molecular formula is C15H21NO4S. The van der Waals surface area contributed by atoms with E-state index < -0.39 is 27.1 Å². The zero-order chi connectivity index (χ0) is 15.6. The monoisotopic (exact) mass is 311 g/mol. The molecule has 0 aliphatic carbocycles. The van der Waals surface area contributed by atoms with E-state index in [1.165, 1.54) is 0 Å². The molecule has 2 rings (SSSR count). The molecule has 1 N–H and O–H groups in total. The minimum absolute atomic E-state index is 0.00336. The van der Waals surface area contributed by atoms with Gasteiger partial charge in [-0.2, -0.15) is 0 Å². The highest BCUT2D eigenvalue weighted by molar-refractivity contribution is 7.92. The van der Waals surface area contributed by atoms with Crippen LogP contribution in [0, 0.1) is 0 Å². The van der Waals surface area contributed by atoms with Crippen molar-refractivity contribution in [3.63, 3.8) is 0 Å². The van der Waals surface area contributed by atoms with Gasteiger partial charge in [-0.3, -0.25) is 9.69 Å². The third kappa shape index (κ3) is 3.63. The first-order valence-corrected chi connectivity index (χ1v) is 8.78. The van der Waals surface area contributed by atoms with E-state index in [0.717, 1.165) is 11.1 Å². The minimum atomic E-state index is -3.16. The summed E-state index contributed by atoms with van der Waals surface area (Å²) < 4.78 is 23.8. The Morgan fingerprint density at radius 2 is 1.95 bits per heavy atom. The van der Waals surface area contributed by atoms with Gasteiger partial charge < -0.3 is 5.11 Å². The van der Waals surface area contributed by atoms with Crippen molar-refractivity contribution < 1.29 is 18.3 Å². The van der Waals surface area contributed by atoms with Crippen molar-refractivity contribution in [2.24, 2.45) is 0 Å². The molecular weight excluding hydrogens is 290 g/mol. The highest BCUT2D eigenvalue weighted by atomic mass is 32.2. The number of carbonyl (C=O) groups is 1. The summed E-state index contributed by atoms with van der Waals surface area (Å²) >= 11 is 0. The first-order valence-electron chi connectivity index (χ1n) is 7.06. The van der Waals surface area contributed by atoms with Crippen LogP contribution in [-0.2, 0) is 27.6 Å². The summed E-state index contributed by atoms with van der Waals surface area (Å²) in [5, 5.41) is 8.95. The second kappa shape index (κ2) is 6.15. The molecule has 0 spiro atoms. The van der Waals surface area contributed by atoms with Crippen LogP contribution in [0.25, 0.3) is 0 Å². The van der Waals surface area contributed by atoms with E-state index in [0.29, 0.717) is 13.0 Å². The topological polar surface area (TPSA) is 74.7 Å². The molecule has 1 aliphatic rings. The van der Waals surface area contributed by atoms with Gasteiger partial charge in [0, 0.05) is 13.1 Å². The fourth-order valence-corrected chi connectivity index (χ4v) is 3.50. The van der Waals surface area contributed by atoms with Crippen molar-refractivity contribution in [1.29, 1.82) is 0 Å². The number of hydrogen-bond donors (Lipinski definition) is 1. The Morgan fingerprint density at radius 3 is 2.52 bits per heavy atom. The van der Waals surface area contributed by atoms with Crippen molar-refractivity contribution in [1.82, 2.24) is 4.90 Å². The first kappa shape index (κ1) is 16.0. The number of fused-ring (bicyclic) bond motifs is 1. The number of carboxylic acid groups (broad SMARTS) is 1. The van der Waals surface area contributed by atoms with E-state index in [4.69, 9.17) is 0 Å². The molecule has 1 heterocycles. The predicted octanol–water partition coefficient (Wildman–Crippen LogP) is 1.32. The Hall–Kier alpha value is -1.40. The normalized spacial score (nSPS) is 19.5. The summed E-state index contributed by atoms with van der Waals surface area (Å²) in [7, 11) is -3.16. The van der Waals surface area contributed by atoms with E-state index in [1.807, 2.05) is 24.3 Å². The molecule has 0 saturated heterocycles. The van der Waals surface area contributed by atoms with E-state index >= 15 is 0 Å². The van der Waals surface area contributed by atoms with Crippen LogP contribution in [0.4, 0.5) is 0 Å². The molecule has 0 saturated carbocycles. The fraction of sp³-hybridized carbons (Fsp3) is 0.533. The van der Waals surface area contributed by atoms with E-state index in [2.05, 4.69) is 0 Å². The zero-order valence-corrected chi connectivity index (χ0v) is 13.1. The molecule has 1 aliphatic heterocycles. The van der Waals surface area contributed by atoms with E-state index in [-0.39, 0.29) is 12.3 Å². The molecule has 1 aromatic rings. The lowest BCUT2D eigenvalue weighted by Gasteiger charge is -2.34.